The predicted molar refractivity (Wildman–Crippen MR) is 79.0 cm³/mol. The molecule has 1 unspecified atom stereocenters. The average molecular weight is 291 g/mol. The number of aliphatic carboxylic acids is 1. The number of amides is 2. The second kappa shape index (κ2) is 6.58. The minimum atomic E-state index is -1.06. The molecule has 0 bridgehead atoms. The molecule has 0 saturated carbocycles. The number of hydrogen-bond donors (Lipinski definition) is 2. The van der Waals surface area contributed by atoms with Gasteiger partial charge in [0.1, 0.15) is 0 Å². The quantitative estimate of drug-likeness (QED) is 0.876. The van der Waals surface area contributed by atoms with E-state index in [0.717, 1.165) is 6.54 Å². The third kappa shape index (κ3) is 3.72. The molecule has 1 saturated heterocycles. The van der Waals surface area contributed by atoms with Crippen molar-refractivity contribution in [3.8, 4) is 0 Å². The number of hydrogen-bond acceptors (Lipinski definition) is 3. The molecule has 0 aliphatic carbocycles. The van der Waals surface area contributed by atoms with E-state index in [-0.39, 0.29) is 12.1 Å². The zero-order chi connectivity index (χ0) is 15.4. The summed E-state index contributed by atoms with van der Waals surface area (Å²) in [5.41, 5.74) is 0.570. The molecule has 1 heterocycles. The van der Waals surface area contributed by atoms with Gasteiger partial charge in [-0.3, -0.25) is 0 Å². The molecular weight excluding hydrogens is 270 g/mol. The second-order valence-electron chi connectivity index (χ2n) is 5.41. The van der Waals surface area contributed by atoms with Crippen molar-refractivity contribution in [1.29, 1.82) is 0 Å². The Kier molecular flexibility index (Phi) is 4.80. The highest BCUT2D eigenvalue weighted by molar-refractivity contribution is 5.83. The van der Waals surface area contributed by atoms with Crippen molar-refractivity contribution in [3.05, 3.63) is 35.9 Å². The normalized spacial score (nSPS) is 20.9. The van der Waals surface area contributed by atoms with Crippen LogP contribution >= 0.6 is 0 Å². The Hall–Kier alpha value is -2.08. The number of nitrogens with zero attached hydrogens (tertiary/aromatic N) is 2. The number of carbonyl (C=O) groups excluding carboxylic acids is 1. The number of carbonyl (C=O) groups is 2. The lowest BCUT2D eigenvalue weighted by Gasteiger charge is -2.38. The Morgan fingerprint density at radius 1 is 1.29 bits per heavy atom. The fourth-order valence-electron chi connectivity index (χ4n) is 2.38. The fourth-order valence-corrected chi connectivity index (χ4v) is 2.38. The van der Waals surface area contributed by atoms with Crippen LogP contribution in [0, 0.1) is 0 Å². The van der Waals surface area contributed by atoms with Crippen LogP contribution in [0.25, 0.3) is 0 Å². The van der Waals surface area contributed by atoms with Gasteiger partial charge < -0.3 is 20.2 Å². The molecule has 1 aromatic rings. The van der Waals surface area contributed by atoms with Crippen LogP contribution in [0.15, 0.2) is 30.3 Å². The monoisotopic (exact) mass is 291 g/mol. The molecule has 6 nitrogen and oxygen atoms in total. The first-order chi connectivity index (χ1) is 9.99. The number of carboxylic acid groups (broad SMARTS) is 1. The molecule has 2 atom stereocenters. The van der Waals surface area contributed by atoms with Gasteiger partial charge in [0.15, 0.2) is 6.04 Å². The zero-order valence-electron chi connectivity index (χ0n) is 12.3. The van der Waals surface area contributed by atoms with Gasteiger partial charge in [-0.25, -0.2) is 9.59 Å². The summed E-state index contributed by atoms with van der Waals surface area (Å²) in [6.45, 7) is 4.04. The van der Waals surface area contributed by atoms with Crippen molar-refractivity contribution in [1.82, 2.24) is 15.1 Å². The summed E-state index contributed by atoms with van der Waals surface area (Å²) in [6, 6.07) is 7.65. The molecule has 2 rings (SSSR count). The number of likely N-dealkylation sites (N-methyl/N-ethyl adjacent to an activating group) is 1. The number of benzene rings is 1. The molecule has 6 heteroatoms. The first kappa shape index (κ1) is 15.3. The molecule has 2 amide bonds. The molecular formula is C15H21N3O3. The van der Waals surface area contributed by atoms with Crippen molar-refractivity contribution in [2.24, 2.45) is 0 Å². The van der Waals surface area contributed by atoms with Crippen LogP contribution in [-0.4, -0.2) is 59.6 Å². The Morgan fingerprint density at radius 2 is 1.95 bits per heavy atom. The lowest BCUT2D eigenvalue weighted by molar-refractivity contribution is -0.139. The maximum absolute atomic E-state index is 12.3. The van der Waals surface area contributed by atoms with Crippen molar-refractivity contribution < 1.29 is 14.7 Å². The lowest BCUT2D eigenvalue weighted by Crippen LogP contribution is -2.55. The summed E-state index contributed by atoms with van der Waals surface area (Å²) in [6.07, 6.45) is 0. The first-order valence-corrected chi connectivity index (χ1v) is 7.02. The van der Waals surface area contributed by atoms with E-state index in [1.54, 1.807) is 29.2 Å². The molecule has 21 heavy (non-hydrogen) atoms. The molecule has 1 fully saturated rings. The van der Waals surface area contributed by atoms with Crippen LogP contribution in [0.1, 0.15) is 18.5 Å². The second-order valence-corrected chi connectivity index (χ2v) is 5.41. The first-order valence-electron chi connectivity index (χ1n) is 7.02. The highest BCUT2D eigenvalue weighted by Crippen LogP contribution is 2.14. The van der Waals surface area contributed by atoms with Crippen molar-refractivity contribution >= 4 is 12.0 Å². The maximum Gasteiger partial charge on any atom is 0.330 e. The highest BCUT2D eigenvalue weighted by Gasteiger charge is 2.28. The standard InChI is InChI=1S/C15H21N3O3/c1-11-10-18(9-8-17(11)2)15(21)16-13(14(19)20)12-6-4-3-5-7-12/h3-7,11,13H,8-10H2,1-2H3,(H,16,21)(H,19,20)/t11?,13-/m0/s1. The van der Waals surface area contributed by atoms with Crippen LogP contribution in [-0.2, 0) is 4.79 Å². The van der Waals surface area contributed by atoms with E-state index >= 15 is 0 Å². The largest absolute Gasteiger partial charge is 0.479 e. The molecule has 1 aromatic carbocycles. The third-order valence-corrected chi connectivity index (χ3v) is 3.89. The van der Waals surface area contributed by atoms with Crippen LogP contribution < -0.4 is 5.32 Å². The molecule has 0 aromatic heterocycles. The van der Waals surface area contributed by atoms with Gasteiger partial charge in [0, 0.05) is 25.7 Å². The van der Waals surface area contributed by atoms with Crippen LogP contribution in [0.4, 0.5) is 4.79 Å². The predicted octanol–water partition coefficient (Wildman–Crippen LogP) is 1.16. The molecule has 1 aliphatic heterocycles. The zero-order valence-corrected chi connectivity index (χ0v) is 12.3. The van der Waals surface area contributed by atoms with Gasteiger partial charge in [0.2, 0.25) is 0 Å². The van der Waals surface area contributed by atoms with Gasteiger partial charge in [0.05, 0.1) is 0 Å². The van der Waals surface area contributed by atoms with E-state index in [2.05, 4.69) is 10.2 Å². The molecule has 0 spiro atoms. The van der Waals surface area contributed by atoms with Gasteiger partial charge >= 0.3 is 12.0 Å². The summed E-state index contributed by atoms with van der Waals surface area (Å²) in [5, 5.41) is 11.9. The Bertz CT molecular complexity index is 506. The summed E-state index contributed by atoms with van der Waals surface area (Å²) >= 11 is 0. The van der Waals surface area contributed by atoms with E-state index in [4.69, 9.17) is 0 Å². The molecule has 2 N–H and O–H groups in total. The average Bonchev–Trinajstić information content (AvgIpc) is 2.48. The van der Waals surface area contributed by atoms with Gasteiger partial charge in [-0.05, 0) is 19.5 Å². The fraction of sp³-hybridized carbons (Fsp3) is 0.467. The summed E-state index contributed by atoms with van der Waals surface area (Å²) in [7, 11) is 2.02. The van der Waals surface area contributed by atoms with E-state index in [9.17, 15) is 14.7 Å². The van der Waals surface area contributed by atoms with Crippen molar-refractivity contribution in [2.45, 2.75) is 19.0 Å². The van der Waals surface area contributed by atoms with Gasteiger partial charge in [-0.15, -0.1) is 0 Å². The van der Waals surface area contributed by atoms with Crippen LogP contribution in [0.5, 0.6) is 0 Å². The Morgan fingerprint density at radius 3 is 2.52 bits per heavy atom. The van der Waals surface area contributed by atoms with E-state index in [1.165, 1.54) is 0 Å². The molecule has 0 radical (unpaired) electrons. The smallest absolute Gasteiger partial charge is 0.330 e. The lowest BCUT2D eigenvalue weighted by atomic mass is 10.1. The van der Waals surface area contributed by atoms with Gasteiger partial charge in [-0.2, -0.15) is 0 Å². The van der Waals surface area contributed by atoms with Crippen molar-refractivity contribution in [3.63, 3.8) is 0 Å². The minimum absolute atomic E-state index is 0.268. The summed E-state index contributed by atoms with van der Waals surface area (Å²) in [4.78, 5) is 27.5. The topological polar surface area (TPSA) is 72.9 Å². The number of rotatable bonds is 3. The van der Waals surface area contributed by atoms with Gasteiger partial charge in [-0.1, -0.05) is 30.3 Å². The number of urea groups is 1. The SMILES string of the molecule is CC1CN(C(=O)N[C@H](C(=O)O)c2ccccc2)CCN1C. The van der Waals surface area contributed by atoms with E-state index in [0.29, 0.717) is 18.7 Å². The van der Waals surface area contributed by atoms with E-state index < -0.39 is 12.0 Å². The Labute approximate surface area is 124 Å². The minimum Gasteiger partial charge on any atom is -0.479 e. The number of nitrogens with one attached hydrogen (secondary N) is 1. The Balaban J connectivity index is 2.04. The number of piperazine rings is 1. The maximum atomic E-state index is 12.3. The molecule has 114 valence electrons. The van der Waals surface area contributed by atoms with E-state index in [1.807, 2.05) is 20.0 Å². The third-order valence-electron chi connectivity index (χ3n) is 3.89. The summed E-state index contributed by atoms with van der Waals surface area (Å²) < 4.78 is 0. The summed E-state index contributed by atoms with van der Waals surface area (Å²) in [5.74, 6) is -1.06. The van der Waals surface area contributed by atoms with Crippen molar-refractivity contribution in [2.75, 3.05) is 26.7 Å². The molecule has 1 aliphatic rings. The van der Waals surface area contributed by atoms with Crippen LogP contribution in [0.2, 0.25) is 0 Å². The van der Waals surface area contributed by atoms with Crippen LogP contribution in [0.3, 0.4) is 0 Å². The number of carboxylic acids is 1. The highest BCUT2D eigenvalue weighted by atomic mass is 16.4. The van der Waals surface area contributed by atoms with Gasteiger partial charge in [0.25, 0.3) is 0 Å².